The predicted octanol–water partition coefficient (Wildman–Crippen LogP) is 4.00. The van der Waals surface area contributed by atoms with E-state index in [9.17, 15) is 14.0 Å². The van der Waals surface area contributed by atoms with Crippen molar-refractivity contribution < 1.29 is 18.7 Å². The number of ether oxygens (including phenoxy) is 1. The molecule has 0 radical (unpaired) electrons. The number of hydrogen-bond acceptors (Lipinski definition) is 4. The zero-order chi connectivity index (χ0) is 16.8. The quantitative estimate of drug-likeness (QED) is 0.652. The summed E-state index contributed by atoms with van der Waals surface area (Å²) < 4.78 is 18.0. The van der Waals surface area contributed by atoms with Gasteiger partial charge in [-0.05, 0) is 36.6 Å². The first kappa shape index (κ1) is 17.3. The van der Waals surface area contributed by atoms with Crippen molar-refractivity contribution in [2.75, 3.05) is 18.2 Å². The molecule has 0 heterocycles. The van der Waals surface area contributed by atoms with Crippen molar-refractivity contribution in [3.05, 3.63) is 58.9 Å². The average molecular weight is 354 g/mol. The number of amides is 1. The SMILES string of the molecule is CSc1ccccc1C(=O)OCC(=O)Nc1ccc(F)c(Cl)c1. The third kappa shape index (κ3) is 4.71. The van der Waals surface area contributed by atoms with Gasteiger partial charge in [0.15, 0.2) is 6.61 Å². The maximum absolute atomic E-state index is 13.0. The third-order valence-electron chi connectivity index (χ3n) is 2.86. The van der Waals surface area contributed by atoms with Crippen LogP contribution in [-0.4, -0.2) is 24.7 Å². The molecule has 0 fully saturated rings. The van der Waals surface area contributed by atoms with Crippen LogP contribution in [0.15, 0.2) is 47.4 Å². The fourth-order valence-electron chi connectivity index (χ4n) is 1.79. The van der Waals surface area contributed by atoms with Crippen LogP contribution in [0.3, 0.4) is 0 Å². The van der Waals surface area contributed by atoms with Crippen LogP contribution >= 0.6 is 23.4 Å². The number of carbonyl (C=O) groups excluding carboxylic acids is 2. The summed E-state index contributed by atoms with van der Waals surface area (Å²) in [6.45, 7) is -0.448. The molecule has 4 nitrogen and oxygen atoms in total. The van der Waals surface area contributed by atoms with Crippen molar-refractivity contribution in [1.82, 2.24) is 0 Å². The van der Waals surface area contributed by atoms with Gasteiger partial charge in [0.2, 0.25) is 0 Å². The van der Waals surface area contributed by atoms with E-state index in [0.717, 1.165) is 11.0 Å². The Morgan fingerprint density at radius 2 is 2.00 bits per heavy atom. The van der Waals surface area contributed by atoms with Crippen LogP contribution in [0.2, 0.25) is 5.02 Å². The van der Waals surface area contributed by atoms with E-state index < -0.39 is 24.3 Å². The molecule has 0 aliphatic heterocycles. The fourth-order valence-corrected chi connectivity index (χ4v) is 2.56. The number of nitrogens with one attached hydrogen (secondary N) is 1. The molecule has 1 amide bonds. The molecule has 0 atom stereocenters. The number of thioether (sulfide) groups is 1. The summed E-state index contributed by atoms with van der Waals surface area (Å²) in [6.07, 6.45) is 1.84. The lowest BCUT2D eigenvalue weighted by molar-refractivity contribution is -0.119. The first-order valence-electron chi connectivity index (χ1n) is 6.56. The normalized spacial score (nSPS) is 10.2. The topological polar surface area (TPSA) is 55.4 Å². The second-order valence-electron chi connectivity index (χ2n) is 4.45. The van der Waals surface area contributed by atoms with Crippen molar-refractivity contribution in [3.63, 3.8) is 0 Å². The lowest BCUT2D eigenvalue weighted by atomic mass is 10.2. The molecule has 0 aliphatic carbocycles. The van der Waals surface area contributed by atoms with Gasteiger partial charge in [-0.2, -0.15) is 0 Å². The molecule has 0 saturated heterocycles. The smallest absolute Gasteiger partial charge is 0.339 e. The lowest BCUT2D eigenvalue weighted by Gasteiger charge is -2.09. The van der Waals surface area contributed by atoms with Gasteiger partial charge in [0.05, 0.1) is 10.6 Å². The van der Waals surface area contributed by atoms with Gasteiger partial charge < -0.3 is 10.1 Å². The number of esters is 1. The van der Waals surface area contributed by atoms with Crippen LogP contribution in [-0.2, 0) is 9.53 Å². The van der Waals surface area contributed by atoms with E-state index >= 15 is 0 Å². The number of benzene rings is 2. The van der Waals surface area contributed by atoms with Crippen molar-refractivity contribution in [1.29, 1.82) is 0 Å². The number of halogens is 2. The van der Waals surface area contributed by atoms with E-state index in [1.54, 1.807) is 18.2 Å². The summed E-state index contributed by atoms with van der Waals surface area (Å²) >= 11 is 7.04. The Morgan fingerprint density at radius 1 is 1.26 bits per heavy atom. The summed E-state index contributed by atoms with van der Waals surface area (Å²) in [5.41, 5.74) is 0.722. The van der Waals surface area contributed by atoms with Gasteiger partial charge >= 0.3 is 5.97 Å². The van der Waals surface area contributed by atoms with Gasteiger partial charge in [0.1, 0.15) is 5.82 Å². The zero-order valence-electron chi connectivity index (χ0n) is 12.1. The maximum atomic E-state index is 13.0. The molecule has 0 saturated carbocycles. The minimum absolute atomic E-state index is 0.103. The summed E-state index contributed by atoms with van der Waals surface area (Å²) in [5, 5.41) is 2.37. The summed E-state index contributed by atoms with van der Waals surface area (Å²) in [7, 11) is 0. The first-order valence-corrected chi connectivity index (χ1v) is 8.16. The average Bonchev–Trinajstić information content (AvgIpc) is 2.56. The molecule has 0 unspecified atom stereocenters. The standard InChI is InChI=1S/C16H13ClFNO3S/c1-23-14-5-3-2-4-11(14)16(21)22-9-15(20)19-10-6-7-13(18)12(17)8-10/h2-8H,9H2,1H3,(H,19,20). The monoisotopic (exact) mass is 353 g/mol. The van der Waals surface area contributed by atoms with Crippen LogP contribution in [0.25, 0.3) is 0 Å². The molecule has 2 aromatic carbocycles. The highest BCUT2D eigenvalue weighted by Gasteiger charge is 2.14. The molecule has 0 spiro atoms. The molecule has 1 N–H and O–H groups in total. The van der Waals surface area contributed by atoms with E-state index in [2.05, 4.69) is 5.32 Å². The number of anilines is 1. The molecule has 0 bridgehead atoms. The molecule has 2 aromatic rings. The van der Waals surface area contributed by atoms with Crippen molar-refractivity contribution in [2.45, 2.75) is 4.90 Å². The molecular formula is C16H13ClFNO3S. The van der Waals surface area contributed by atoms with E-state index in [1.165, 1.54) is 23.9 Å². The van der Waals surface area contributed by atoms with Crippen LogP contribution in [0, 0.1) is 5.82 Å². The van der Waals surface area contributed by atoms with Gasteiger partial charge in [0.25, 0.3) is 5.91 Å². The Labute approximate surface area is 142 Å². The van der Waals surface area contributed by atoms with E-state index in [0.29, 0.717) is 11.3 Å². The number of carbonyl (C=O) groups is 2. The minimum atomic E-state index is -0.581. The highest BCUT2D eigenvalue weighted by molar-refractivity contribution is 7.98. The van der Waals surface area contributed by atoms with Crippen LogP contribution in [0.5, 0.6) is 0 Å². The Hall–Kier alpha value is -2.05. The zero-order valence-corrected chi connectivity index (χ0v) is 13.7. The highest BCUT2D eigenvalue weighted by Crippen LogP contribution is 2.21. The highest BCUT2D eigenvalue weighted by atomic mass is 35.5. The maximum Gasteiger partial charge on any atom is 0.339 e. The van der Waals surface area contributed by atoms with Gasteiger partial charge in [-0.25, -0.2) is 9.18 Å². The van der Waals surface area contributed by atoms with Crippen molar-refractivity contribution in [3.8, 4) is 0 Å². The predicted molar refractivity (Wildman–Crippen MR) is 88.5 cm³/mol. The molecular weight excluding hydrogens is 341 g/mol. The fraction of sp³-hybridized carbons (Fsp3) is 0.125. The van der Waals surface area contributed by atoms with Crippen LogP contribution < -0.4 is 5.32 Å². The molecule has 7 heteroatoms. The largest absolute Gasteiger partial charge is 0.452 e. The van der Waals surface area contributed by atoms with Gasteiger partial charge in [-0.3, -0.25) is 4.79 Å². The van der Waals surface area contributed by atoms with Crippen molar-refractivity contribution >= 4 is 40.9 Å². The minimum Gasteiger partial charge on any atom is -0.452 e. The molecule has 0 aliphatic rings. The summed E-state index contributed by atoms with van der Waals surface area (Å²) in [4.78, 5) is 24.5. The van der Waals surface area contributed by atoms with Crippen molar-refractivity contribution in [2.24, 2.45) is 0 Å². The summed E-state index contributed by atoms with van der Waals surface area (Å²) in [6, 6.07) is 10.7. The lowest BCUT2D eigenvalue weighted by Crippen LogP contribution is -2.21. The molecule has 2 rings (SSSR count). The molecule has 23 heavy (non-hydrogen) atoms. The Balaban J connectivity index is 1.93. The first-order chi connectivity index (χ1) is 11.0. The second-order valence-corrected chi connectivity index (χ2v) is 5.71. The Morgan fingerprint density at radius 3 is 2.70 bits per heavy atom. The number of hydrogen-bond donors (Lipinski definition) is 1. The van der Waals surface area contributed by atoms with Crippen LogP contribution in [0.1, 0.15) is 10.4 Å². The van der Waals surface area contributed by atoms with Gasteiger partial charge in [0, 0.05) is 10.6 Å². The molecule has 0 aromatic heterocycles. The second kappa shape index (κ2) is 7.99. The van der Waals surface area contributed by atoms with Gasteiger partial charge in [-0.15, -0.1) is 11.8 Å². The summed E-state index contributed by atoms with van der Waals surface area (Å²) in [5.74, 6) is -1.70. The Bertz CT molecular complexity index is 739. The third-order valence-corrected chi connectivity index (χ3v) is 3.95. The van der Waals surface area contributed by atoms with E-state index in [1.807, 2.05) is 12.3 Å². The van der Waals surface area contributed by atoms with Gasteiger partial charge in [-0.1, -0.05) is 23.7 Å². The Kier molecular flexibility index (Phi) is 6.01. The van der Waals surface area contributed by atoms with E-state index in [4.69, 9.17) is 16.3 Å². The number of rotatable bonds is 5. The molecule has 120 valence electrons. The van der Waals surface area contributed by atoms with E-state index in [-0.39, 0.29) is 5.02 Å². The van der Waals surface area contributed by atoms with Crippen LogP contribution in [0.4, 0.5) is 10.1 Å².